The van der Waals surface area contributed by atoms with Gasteiger partial charge in [0.2, 0.25) is 10.0 Å². The van der Waals surface area contributed by atoms with Crippen LogP contribution >= 0.6 is 0 Å². The number of hydrogen-bond acceptors (Lipinski definition) is 5. The number of halogens is 3. The van der Waals surface area contributed by atoms with Crippen molar-refractivity contribution >= 4 is 16.0 Å². The molecule has 11 heteroatoms. The molecule has 0 bridgehead atoms. The van der Waals surface area contributed by atoms with Crippen LogP contribution in [0.3, 0.4) is 0 Å². The van der Waals surface area contributed by atoms with Crippen molar-refractivity contribution in [2.45, 2.75) is 62.2 Å². The second kappa shape index (κ2) is 12.2. The van der Waals surface area contributed by atoms with E-state index in [2.05, 4.69) is 17.4 Å². The number of alkyl halides is 3. The summed E-state index contributed by atoms with van der Waals surface area (Å²) >= 11 is 0. The number of aryl methyl sites for hydroxylation is 1. The minimum Gasteiger partial charge on any atom is -0.481 e. The molecule has 0 amide bonds. The third-order valence-electron chi connectivity index (χ3n) is 5.75. The summed E-state index contributed by atoms with van der Waals surface area (Å²) in [5, 5.41) is 22.6. The van der Waals surface area contributed by atoms with Crippen LogP contribution in [0.15, 0.2) is 53.4 Å². The number of nitrogens with one attached hydrogen (secondary N) is 1. The number of aliphatic carboxylic acids is 1. The van der Waals surface area contributed by atoms with E-state index in [1.54, 1.807) is 0 Å². The van der Waals surface area contributed by atoms with Gasteiger partial charge >= 0.3 is 12.1 Å². The van der Waals surface area contributed by atoms with Crippen LogP contribution in [-0.2, 0) is 33.8 Å². The van der Waals surface area contributed by atoms with Crippen LogP contribution in [0.1, 0.15) is 43.4 Å². The Morgan fingerprint density at radius 2 is 1.72 bits per heavy atom. The largest absolute Gasteiger partial charge is 0.481 e. The first-order chi connectivity index (χ1) is 16.6. The number of benzene rings is 2. The molecule has 0 aliphatic carbocycles. The Hall–Kier alpha value is -2.47. The SMILES string of the molecule is CN(C[C@H](O)CNC(C)(C)CCCc1ccccc1)S(=O)(=O)c1cc(CC(=O)O)cc(C(F)(F)F)c1. The van der Waals surface area contributed by atoms with Crippen LogP contribution in [0.5, 0.6) is 0 Å². The molecular formula is C25H33F3N2O5S. The van der Waals surface area contributed by atoms with Gasteiger partial charge < -0.3 is 15.5 Å². The molecule has 3 N–H and O–H groups in total. The fourth-order valence-electron chi connectivity index (χ4n) is 3.75. The molecule has 36 heavy (non-hydrogen) atoms. The Morgan fingerprint density at radius 3 is 2.31 bits per heavy atom. The third-order valence-corrected chi connectivity index (χ3v) is 7.55. The molecule has 7 nitrogen and oxygen atoms in total. The number of carbonyl (C=O) groups is 1. The summed E-state index contributed by atoms with van der Waals surface area (Å²) in [6.07, 6.45) is -4.13. The lowest BCUT2D eigenvalue weighted by molar-refractivity contribution is -0.139. The van der Waals surface area contributed by atoms with E-state index >= 15 is 0 Å². The van der Waals surface area contributed by atoms with Gasteiger partial charge in [-0.05, 0) is 62.4 Å². The summed E-state index contributed by atoms with van der Waals surface area (Å²) in [7, 11) is -3.27. The number of likely N-dealkylation sites (N-methyl/N-ethyl adjacent to an activating group) is 1. The molecule has 0 saturated heterocycles. The molecular weight excluding hydrogens is 497 g/mol. The maximum Gasteiger partial charge on any atom is 0.416 e. The second-order valence-electron chi connectivity index (χ2n) is 9.48. The summed E-state index contributed by atoms with van der Waals surface area (Å²) in [5.74, 6) is -1.39. The molecule has 0 fully saturated rings. The Morgan fingerprint density at radius 1 is 1.08 bits per heavy atom. The molecule has 0 aliphatic rings. The molecule has 2 aromatic rings. The van der Waals surface area contributed by atoms with Crippen molar-refractivity contribution in [3.8, 4) is 0 Å². The molecule has 2 aromatic carbocycles. The van der Waals surface area contributed by atoms with Crippen molar-refractivity contribution in [1.82, 2.24) is 9.62 Å². The summed E-state index contributed by atoms with van der Waals surface area (Å²) < 4.78 is 66.5. The van der Waals surface area contributed by atoms with Crippen LogP contribution in [0.2, 0.25) is 0 Å². The van der Waals surface area contributed by atoms with Gasteiger partial charge in [0.05, 0.1) is 23.0 Å². The molecule has 1 atom stereocenters. The van der Waals surface area contributed by atoms with Crippen LogP contribution in [0.25, 0.3) is 0 Å². The van der Waals surface area contributed by atoms with E-state index in [-0.39, 0.29) is 24.2 Å². The van der Waals surface area contributed by atoms with Gasteiger partial charge in [0.15, 0.2) is 0 Å². The summed E-state index contributed by atoms with van der Waals surface area (Å²) in [6.45, 7) is 3.65. The molecule has 2 rings (SSSR count). The number of sulfonamides is 1. The molecule has 200 valence electrons. The zero-order valence-electron chi connectivity index (χ0n) is 20.5. The van der Waals surface area contributed by atoms with E-state index in [9.17, 15) is 31.5 Å². The van der Waals surface area contributed by atoms with Crippen molar-refractivity contribution in [2.24, 2.45) is 0 Å². The van der Waals surface area contributed by atoms with E-state index in [0.29, 0.717) is 12.1 Å². The highest BCUT2D eigenvalue weighted by Crippen LogP contribution is 2.32. The van der Waals surface area contributed by atoms with Gasteiger partial charge in [-0.2, -0.15) is 17.5 Å². The predicted molar refractivity (Wildman–Crippen MR) is 130 cm³/mol. The average molecular weight is 531 g/mol. The first-order valence-corrected chi connectivity index (χ1v) is 12.9. The van der Waals surface area contributed by atoms with Gasteiger partial charge in [0.1, 0.15) is 0 Å². The van der Waals surface area contributed by atoms with Gasteiger partial charge in [-0.3, -0.25) is 4.79 Å². The third kappa shape index (κ3) is 9.20. The maximum absolute atomic E-state index is 13.3. The fourth-order valence-corrected chi connectivity index (χ4v) is 5.06. The highest BCUT2D eigenvalue weighted by Gasteiger charge is 2.34. The number of carboxylic acid groups (broad SMARTS) is 1. The van der Waals surface area contributed by atoms with Crippen LogP contribution in [-0.4, -0.2) is 60.7 Å². The number of hydrogen-bond donors (Lipinski definition) is 3. The molecule has 0 spiro atoms. The van der Waals surface area contributed by atoms with Crippen molar-refractivity contribution in [3.63, 3.8) is 0 Å². The minimum atomic E-state index is -4.85. The lowest BCUT2D eigenvalue weighted by Crippen LogP contribution is -2.46. The van der Waals surface area contributed by atoms with Gasteiger partial charge in [-0.15, -0.1) is 0 Å². The van der Waals surface area contributed by atoms with E-state index in [1.165, 1.54) is 5.56 Å². The fraction of sp³-hybridized carbons (Fsp3) is 0.480. The topological polar surface area (TPSA) is 107 Å². The quantitative estimate of drug-likeness (QED) is 0.365. The number of aliphatic hydroxyl groups excluding tert-OH is 1. The second-order valence-corrected chi connectivity index (χ2v) is 11.5. The van der Waals surface area contributed by atoms with E-state index < -0.39 is 45.2 Å². The number of carboxylic acids is 1. The molecule has 0 aliphatic heterocycles. The smallest absolute Gasteiger partial charge is 0.416 e. The molecule has 0 radical (unpaired) electrons. The van der Waals surface area contributed by atoms with Crippen molar-refractivity contribution in [3.05, 3.63) is 65.2 Å². The number of β-amino-alcohol motifs (C(OH)–C–C–N with tert-alkyl or cyclic N) is 1. The van der Waals surface area contributed by atoms with Crippen molar-refractivity contribution in [1.29, 1.82) is 0 Å². The van der Waals surface area contributed by atoms with Crippen molar-refractivity contribution in [2.75, 3.05) is 20.1 Å². The first-order valence-electron chi connectivity index (χ1n) is 11.5. The minimum absolute atomic E-state index is 0.0745. The lowest BCUT2D eigenvalue weighted by atomic mass is 9.95. The first kappa shape index (κ1) is 29.8. The van der Waals surface area contributed by atoms with Gasteiger partial charge in [0.25, 0.3) is 0 Å². The molecule has 0 aromatic heterocycles. The van der Waals surface area contributed by atoms with Crippen LogP contribution in [0.4, 0.5) is 13.2 Å². The highest BCUT2D eigenvalue weighted by molar-refractivity contribution is 7.89. The highest BCUT2D eigenvalue weighted by atomic mass is 32.2. The standard InChI is InChI=1S/C25H33F3N2O5S/c1-24(2,11-7-10-18-8-5-4-6-9-18)29-16-21(31)17-30(3)36(34,35)22-13-19(14-23(32)33)12-20(15-22)25(26,27)28/h4-6,8-9,12-13,15,21,29,31H,7,10-11,14,16-17H2,1-3H3,(H,32,33)/t21-/m1/s1. The number of nitrogens with zero attached hydrogens (tertiary/aromatic N) is 1. The zero-order valence-corrected chi connectivity index (χ0v) is 21.4. The predicted octanol–water partition coefficient (Wildman–Crippen LogP) is 3.71. The Kier molecular flexibility index (Phi) is 10.1. The van der Waals surface area contributed by atoms with E-state index in [4.69, 9.17) is 5.11 Å². The molecule has 0 saturated carbocycles. The van der Waals surface area contributed by atoms with Crippen LogP contribution < -0.4 is 5.32 Å². The molecule has 0 heterocycles. The van der Waals surface area contributed by atoms with E-state index in [1.807, 2.05) is 32.0 Å². The zero-order chi connectivity index (χ0) is 27.1. The van der Waals surface area contributed by atoms with Gasteiger partial charge in [-0.25, -0.2) is 8.42 Å². The Labute approximate surface area is 210 Å². The Bertz CT molecular complexity index is 1120. The van der Waals surface area contributed by atoms with Crippen molar-refractivity contribution < 1.29 is 36.6 Å². The Balaban J connectivity index is 2.01. The summed E-state index contributed by atoms with van der Waals surface area (Å²) in [5.41, 5.74) is -0.655. The normalized spacial score (nSPS) is 13.7. The number of aliphatic hydroxyl groups is 1. The summed E-state index contributed by atoms with van der Waals surface area (Å²) in [6, 6.07) is 12.0. The van der Waals surface area contributed by atoms with Gasteiger partial charge in [0, 0.05) is 25.7 Å². The lowest BCUT2D eigenvalue weighted by Gasteiger charge is -2.29. The van der Waals surface area contributed by atoms with Crippen LogP contribution in [0, 0.1) is 0 Å². The molecule has 0 unspecified atom stereocenters. The van der Waals surface area contributed by atoms with E-state index in [0.717, 1.165) is 36.7 Å². The summed E-state index contributed by atoms with van der Waals surface area (Å²) in [4.78, 5) is 10.3. The van der Waals surface area contributed by atoms with Gasteiger partial charge in [-0.1, -0.05) is 30.3 Å². The average Bonchev–Trinajstić information content (AvgIpc) is 2.77. The number of rotatable bonds is 13. The monoisotopic (exact) mass is 530 g/mol. The maximum atomic E-state index is 13.3.